The molecule has 0 amide bonds. The van der Waals surface area contributed by atoms with Gasteiger partial charge >= 0.3 is 0 Å². The van der Waals surface area contributed by atoms with Crippen LogP contribution in [0.4, 0.5) is 6.01 Å². The molecule has 3 heterocycles. The van der Waals surface area contributed by atoms with E-state index in [1.165, 1.54) is 0 Å². The van der Waals surface area contributed by atoms with Crippen molar-refractivity contribution in [3.63, 3.8) is 0 Å². The number of para-hydroxylation sites is 1. The maximum atomic E-state index is 5.90. The van der Waals surface area contributed by atoms with Gasteiger partial charge in [-0.25, -0.2) is 0 Å². The molecule has 146 valence electrons. The van der Waals surface area contributed by atoms with E-state index in [1.807, 2.05) is 43.3 Å². The molecule has 4 aromatic rings. The highest BCUT2D eigenvalue weighted by atomic mass is 16.6. The molecule has 7 nitrogen and oxygen atoms in total. The lowest BCUT2D eigenvalue weighted by molar-refractivity contribution is 0.169. The Hall–Kier alpha value is -3.74. The van der Waals surface area contributed by atoms with Crippen LogP contribution in [0.15, 0.2) is 65.3 Å². The number of anilines is 1. The number of ether oxygens (including phenoxy) is 3. The van der Waals surface area contributed by atoms with Crippen LogP contribution >= 0.6 is 0 Å². The van der Waals surface area contributed by atoms with Crippen molar-refractivity contribution < 1.29 is 18.6 Å². The van der Waals surface area contributed by atoms with Gasteiger partial charge in [0, 0.05) is 24.0 Å². The molecule has 29 heavy (non-hydrogen) atoms. The molecule has 1 atom stereocenters. The van der Waals surface area contributed by atoms with Crippen LogP contribution in [-0.2, 0) is 0 Å². The summed E-state index contributed by atoms with van der Waals surface area (Å²) in [7, 11) is 0. The van der Waals surface area contributed by atoms with E-state index in [1.54, 1.807) is 24.5 Å². The van der Waals surface area contributed by atoms with Crippen LogP contribution in [0.5, 0.6) is 23.0 Å². The van der Waals surface area contributed by atoms with Crippen LogP contribution < -0.4 is 19.5 Å². The van der Waals surface area contributed by atoms with E-state index in [0.717, 1.165) is 22.6 Å². The quantitative estimate of drug-likeness (QED) is 0.517. The second-order valence-corrected chi connectivity index (χ2v) is 6.67. The number of hydrogen-bond acceptors (Lipinski definition) is 7. The molecule has 0 bridgehead atoms. The Balaban J connectivity index is 1.37. The van der Waals surface area contributed by atoms with Gasteiger partial charge in [0.15, 0.2) is 17.1 Å². The van der Waals surface area contributed by atoms with Crippen molar-refractivity contribution in [2.24, 2.45) is 0 Å². The second kappa shape index (κ2) is 7.35. The monoisotopic (exact) mass is 389 g/mol. The van der Waals surface area contributed by atoms with Crippen molar-refractivity contribution >= 4 is 17.1 Å². The minimum Gasteiger partial charge on any atom is -0.486 e. The maximum Gasteiger partial charge on any atom is 0.296 e. The fraction of sp³-hybridized carbons (Fsp3) is 0.182. The summed E-state index contributed by atoms with van der Waals surface area (Å²) in [6, 6.07) is 15.4. The highest BCUT2D eigenvalue weighted by Crippen LogP contribution is 2.38. The van der Waals surface area contributed by atoms with E-state index in [9.17, 15) is 0 Å². The summed E-state index contributed by atoms with van der Waals surface area (Å²) in [6.07, 6.45) is 3.37. The van der Waals surface area contributed by atoms with E-state index in [-0.39, 0.29) is 6.04 Å². The molecule has 0 saturated heterocycles. The minimum atomic E-state index is -0.0766. The number of hydrogen-bond donors (Lipinski definition) is 1. The summed E-state index contributed by atoms with van der Waals surface area (Å²) < 4.78 is 23.2. The van der Waals surface area contributed by atoms with Crippen LogP contribution in [0.1, 0.15) is 18.5 Å². The topological polar surface area (TPSA) is 78.6 Å². The Morgan fingerprint density at radius 1 is 1.00 bits per heavy atom. The summed E-state index contributed by atoms with van der Waals surface area (Å²) >= 11 is 0. The second-order valence-electron chi connectivity index (χ2n) is 6.67. The normalized spacial score (nSPS) is 13.8. The fourth-order valence-corrected chi connectivity index (χ4v) is 3.27. The highest BCUT2D eigenvalue weighted by molar-refractivity contribution is 5.76. The molecule has 2 aromatic heterocycles. The first-order chi connectivity index (χ1) is 14.3. The molecular weight excluding hydrogens is 370 g/mol. The average molecular weight is 389 g/mol. The van der Waals surface area contributed by atoms with Crippen LogP contribution in [0.25, 0.3) is 11.1 Å². The molecule has 2 aromatic carbocycles. The standard InChI is InChI=1S/C22H19N3O4/c1-14(17-3-2-4-19-21(17)27-12-11-26-19)24-22-25-18-6-5-16(13-20(18)29-22)28-15-7-9-23-10-8-15/h2-10,13-14H,11-12H2,1H3,(H,24,25). The number of nitrogens with zero attached hydrogens (tertiary/aromatic N) is 2. The van der Waals surface area contributed by atoms with Gasteiger partial charge in [-0.05, 0) is 37.3 Å². The number of oxazole rings is 1. The van der Waals surface area contributed by atoms with Crippen molar-refractivity contribution in [3.8, 4) is 23.0 Å². The minimum absolute atomic E-state index is 0.0766. The Morgan fingerprint density at radius 2 is 1.86 bits per heavy atom. The Labute approximate surface area is 167 Å². The summed E-state index contributed by atoms with van der Waals surface area (Å²) in [5, 5.41) is 3.30. The molecule has 5 rings (SSSR count). The van der Waals surface area contributed by atoms with E-state index in [2.05, 4.69) is 15.3 Å². The molecule has 1 unspecified atom stereocenters. The van der Waals surface area contributed by atoms with Gasteiger partial charge in [-0.3, -0.25) is 4.98 Å². The summed E-state index contributed by atoms with van der Waals surface area (Å²) in [4.78, 5) is 8.51. The summed E-state index contributed by atoms with van der Waals surface area (Å²) in [5.74, 6) is 2.91. The van der Waals surface area contributed by atoms with Crippen LogP contribution in [0.3, 0.4) is 0 Å². The molecule has 1 aliphatic heterocycles. The van der Waals surface area contributed by atoms with Crippen molar-refractivity contribution in [2.75, 3.05) is 18.5 Å². The first-order valence-corrected chi connectivity index (χ1v) is 9.40. The number of nitrogens with one attached hydrogen (secondary N) is 1. The molecule has 1 N–H and O–H groups in total. The average Bonchev–Trinajstić information content (AvgIpc) is 3.15. The Morgan fingerprint density at radius 3 is 2.76 bits per heavy atom. The Kier molecular flexibility index (Phi) is 4.40. The van der Waals surface area contributed by atoms with Gasteiger partial charge in [0.2, 0.25) is 0 Å². The predicted octanol–water partition coefficient (Wildman–Crippen LogP) is 4.96. The number of fused-ring (bicyclic) bond motifs is 2. The van der Waals surface area contributed by atoms with E-state index in [0.29, 0.717) is 36.3 Å². The smallest absolute Gasteiger partial charge is 0.296 e. The third kappa shape index (κ3) is 3.54. The van der Waals surface area contributed by atoms with Gasteiger partial charge in [0.05, 0.1) is 6.04 Å². The van der Waals surface area contributed by atoms with Crippen molar-refractivity contribution in [1.29, 1.82) is 0 Å². The molecule has 0 aliphatic carbocycles. The number of aromatic nitrogens is 2. The zero-order valence-electron chi connectivity index (χ0n) is 15.8. The molecule has 7 heteroatoms. The van der Waals surface area contributed by atoms with Crippen LogP contribution in [-0.4, -0.2) is 23.2 Å². The van der Waals surface area contributed by atoms with Gasteiger partial charge < -0.3 is 23.9 Å². The van der Waals surface area contributed by atoms with E-state index >= 15 is 0 Å². The molecule has 0 radical (unpaired) electrons. The number of benzene rings is 2. The van der Waals surface area contributed by atoms with Gasteiger partial charge in [-0.1, -0.05) is 12.1 Å². The first kappa shape index (κ1) is 17.4. The zero-order chi connectivity index (χ0) is 19.6. The van der Waals surface area contributed by atoms with E-state index in [4.69, 9.17) is 18.6 Å². The van der Waals surface area contributed by atoms with Crippen LogP contribution in [0, 0.1) is 0 Å². The maximum absolute atomic E-state index is 5.90. The third-order valence-electron chi connectivity index (χ3n) is 4.65. The molecule has 0 saturated carbocycles. The number of pyridine rings is 1. The van der Waals surface area contributed by atoms with Crippen molar-refractivity contribution in [2.45, 2.75) is 13.0 Å². The molecule has 0 fully saturated rings. The lowest BCUT2D eigenvalue weighted by atomic mass is 10.1. The summed E-state index contributed by atoms with van der Waals surface area (Å²) in [6.45, 7) is 3.13. The first-order valence-electron chi connectivity index (χ1n) is 9.40. The summed E-state index contributed by atoms with van der Waals surface area (Å²) in [5.41, 5.74) is 2.38. The van der Waals surface area contributed by atoms with Gasteiger partial charge in [0.1, 0.15) is 30.2 Å². The third-order valence-corrected chi connectivity index (χ3v) is 4.65. The molecule has 1 aliphatic rings. The van der Waals surface area contributed by atoms with Crippen molar-refractivity contribution in [3.05, 3.63) is 66.5 Å². The van der Waals surface area contributed by atoms with E-state index < -0.39 is 0 Å². The highest BCUT2D eigenvalue weighted by Gasteiger charge is 2.20. The molecule has 0 spiro atoms. The predicted molar refractivity (Wildman–Crippen MR) is 108 cm³/mol. The lowest BCUT2D eigenvalue weighted by Crippen LogP contribution is -2.18. The SMILES string of the molecule is CC(Nc1nc2ccc(Oc3ccncc3)cc2o1)c1cccc2c1OCCO2. The Bertz CT molecular complexity index is 1140. The lowest BCUT2D eigenvalue weighted by Gasteiger charge is -2.23. The number of rotatable bonds is 5. The fourth-order valence-electron chi connectivity index (χ4n) is 3.27. The zero-order valence-corrected chi connectivity index (χ0v) is 15.8. The largest absolute Gasteiger partial charge is 0.486 e. The molecular formula is C22H19N3O4. The van der Waals surface area contributed by atoms with Gasteiger partial charge in [-0.2, -0.15) is 4.98 Å². The van der Waals surface area contributed by atoms with Crippen LogP contribution in [0.2, 0.25) is 0 Å². The van der Waals surface area contributed by atoms with Crippen molar-refractivity contribution in [1.82, 2.24) is 9.97 Å². The van der Waals surface area contributed by atoms with Gasteiger partial charge in [-0.15, -0.1) is 0 Å². The van der Waals surface area contributed by atoms with Gasteiger partial charge in [0.25, 0.3) is 6.01 Å².